The van der Waals surface area contributed by atoms with Gasteiger partial charge in [-0.05, 0) is 75.3 Å². The summed E-state index contributed by atoms with van der Waals surface area (Å²) in [7, 11) is -4.70. The Hall–Kier alpha value is -2.75. The van der Waals surface area contributed by atoms with Crippen LogP contribution in [0.25, 0.3) is 11.0 Å². The fourth-order valence-corrected chi connectivity index (χ4v) is 6.31. The quantitative estimate of drug-likeness (QED) is 0.467. The average Bonchev–Trinajstić information content (AvgIpc) is 3.28. The van der Waals surface area contributed by atoms with Crippen molar-refractivity contribution in [3.63, 3.8) is 0 Å². The van der Waals surface area contributed by atoms with Gasteiger partial charge in [-0.2, -0.15) is 0 Å². The number of pyridine rings is 1. The lowest BCUT2D eigenvalue weighted by Gasteiger charge is -2.32. The van der Waals surface area contributed by atoms with Crippen molar-refractivity contribution in [1.29, 1.82) is 0 Å². The van der Waals surface area contributed by atoms with Crippen molar-refractivity contribution in [3.05, 3.63) is 82.8 Å². The van der Waals surface area contributed by atoms with Gasteiger partial charge in [-0.3, -0.25) is 0 Å². The first-order valence-electron chi connectivity index (χ1n) is 12.1. The van der Waals surface area contributed by atoms with Crippen molar-refractivity contribution in [1.82, 2.24) is 8.96 Å². The Morgan fingerprint density at radius 2 is 1.83 bits per heavy atom. The Kier molecular flexibility index (Phi) is 6.01. The Labute approximate surface area is 212 Å². The van der Waals surface area contributed by atoms with Gasteiger partial charge in [-0.15, -0.1) is 0 Å². The van der Waals surface area contributed by atoms with Crippen LogP contribution >= 0.6 is 0 Å². The van der Waals surface area contributed by atoms with Crippen molar-refractivity contribution >= 4 is 33.6 Å². The Morgan fingerprint density at radius 3 is 2.50 bits per heavy atom. The molecule has 1 aromatic carbocycles. The Bertz CT molecular complexity index is 1490. The average molecular weight is 508 g/mol. The summed E-state index contributed by atoms with van der Waals surface area (Å²) in [6.07, 6.45) is 7.67. The van der Waals surface area contributed by atoms with Crippen LogP contribution in [0.4, 0.5) is 4.39 Å². The molecule has 0 saturated carbocycles. The molecule has 1 aliphatic heterocycles. The first kappa shape index (κ1) is 24.9. The number of fused-ring (bicyclic) bond motifs is 1. The van der Waals surface area contributed by atoms with Gasteiger partial charge in [0.05, 0.1) is 16.1 Å². The number of halogens is 1. The van der Waals surface area contributed by atoms with E-state index in [2.05, 4.69) is 4.98 Å². The highest BCUT2D eigenvalue weighted by atomic mass is 32.2. The van der Waals surface area contributed by atoms with E-state index >= 15 is 0 Å². The molecule has 5 rings (SSSR count). The van der Waals surface area contributed by atoms with Crippen molar-refractivity contribution in [3.8, 4) is 0 Å². The van der Waals surface area contributed by atoms with E-state index < -0.39 is 34.2 Å². The summed E-state index contributed by atoms with van der Waals surface area (Å²) in [5.41, 5.74) is 0.636. The van der Waals surface area contributed by atoms with E-state index in [-0.39, 0.29) is 22.9 Å². The molecule has 1 saturated heterocycles. The third-order valence-electron chi connectivity index (χ3n) is 7.38. The van der Waals surface area contributed by atoms with Gasteiger partial charge in [0.1, 0.15) is 5.82 Å². The van der Waals surface area contributed by atoms with Crippen LogP contribution in [0, 0.1) is 11.7 Å². The number of aromatic nitrogens is 2. The second-order valence-electron chi connectivity index (χ2n) is 10.6. The minimum atomic E-state index is -4.00. The molecule has 2 aromatic heterocycles. The van der Waals surface area contributed by atoms with E-state index in [4.69, 9.17) is 9.31 Å². The van der Waals surface area contributed by atoms with Crippen LogP contribution in [0.3, 0.4) is 0 Å². The zero-order valence-electron chi connectivity index (χ0n) is 21.2. The molecule has 1 fully saturated rings. The molecule has 2 aliphatic rings. The molecular formula is C27H30BFN2O4S. The van der Waals surface area contributed by atoms with Gasteiger partial charge in [-0.1, -0.05) is 37.3 Å². The summed E-state index contributed by atoms with van der Waals surface area (Å²) in [6.45, 7) is 9.84. The predicted molar refractivity (Wildman–Crippen MR) is 140 cm³/mol. The molecule has 0 bridgehead atoms. The van der Waals surface area contributed by atoms with E-state index in [9.17, 15) is 12.8 Å². The van der Waals surface area contributed by atoms with Crippen LogP contribution in [0.15, 0.2) is 65.7 Å². The molecular weight excluding hydrogens is 478 g/mol. The van der Waals surface area contributed by atoms with Crippen molar-refractivity contribution in [2.24, 2.45) is 5.92 Å². The molecule has 36 heavy (non-hydrogen) atoms. The van der Waals surface area contributed by atoms with Crippen LogP contribution in [0.2, 0.25) is 0 Å². The SMILES string of the molecule is CC1C=C(S(=O)(=O)n2c(Cc3ccccc3F)cc3c(B4OC(C)(C)C(C)(C)O4)ccnc32)C=CC1. The Morgan fingerprint density at radius 1 is 1.14 bits per heavy atom. The molecule has 1 aliphatic carbocycles. The normalized spacial score (nSPS) is 21.2. The molecule has 0 spiro atoms. The molecule has 3 aromatic rings. The number of allylic oxidation sites excluding steroid dienone is 3. The van der Waals surface area contributed by atoms with Gasteiger partial charge >= 0.3 is 7.12 Å². The molecule has 1 atom stereocenters. The van der Waals surface area contributed by atoms with Gasteiger partial charge in [-0.25, -0.2) is 21.8 Å². The molecule has 188 valence electrons. The minimum Gasteiger partial charge on any atom is -0.399 e. The second kappa shape index (κ2) is 8.68. The lowest BCUT2D eigenvalue weighted by atomic mass is 9.78. The highest BCUT2D eigenvalue weighted by molar-refractivity contribution is 7.94. The van der Waals surface area contributed by atoms with Crippen LogP contribution < -0.4 is 5.46 Å². The fourth-order valence-electron chi connectivity index (χ4n) is 4.63. The zero-order valence-corrected chi connectivity index (χ0v) is 22.0. The van der Waals surface area contributed by atoms with Crippen molar-refractivity contribution in [2.75, 3.05) is 0 Å². The maximum Gasteiger partial charge on any atom is 0.495 e. The maximum absolute atomic E-state index is 14.6. The topological polar surface area (TPSA) is 70.4 Å². The zero-order chi connectivity index (χ0) is 25.9. The maximum atomic E-state index is 14.6. The van der Waals surface area contributed by atoms with E-state index in [0.29, 0.717) is 22.1 Å². The summed E-state index contributed by atoms with van der Waals surface area (Å²) in [5, 5.41) is 0.597. The fraction of sp³-hybridized carbons (Fsp3) is 0.370. The third-order valence-corrected chi connectivity index (χ3v) is 9.14. The number of hydrogen-bond acceptors (Lipinski definition) is 5. The second-order valence-corrected chi connectivity index (χ2v) is 12.4. The largest absolute Gasteiger partial charge is 0.495 e. The molecule has 1 unspecified atom stereocenters. The first-order chi connectivity index (χ1) is 16.9. The first-order valence-corrected chi connectivity index (χ1v) is 13.6. The van der Waals surface area contributed by atoms with Crippen LogP contribution in [-0.4, -0.2) is 35.7 Å². The van der Waals surface area contributed by atoms with Gasteiger partial charge in [0, 0.05) is 23.7 Å². The van der Waals surface area contributed by atoms with Gasteiger partial charge < -0.3 is 9.31 Å². The van der Waals surface area contributed by atoms with Gasteiger partial charge in [0.15, 0.2) is 5.65 Å². The minimum absolute atomic E-state index is 0.0810. The molecule has 0 N–H and O–H groups in total. The van der Waals surface area contributed by atoms with Gasteiger partial charge in [0.2, 0.25) is 0 Å². The van der Waals surface area contributed by atoms with E-state index in [0.717, 1.165) is 6.42 Å². The lowest BCUT2D eigenvalue weighted by Crippen LogP contribution is -2.41. The predicted octanol–water partition coefficient (Wildman–Crippen LogP) is 4.72. The number of benzene rings is 1. The summed E-state index contributed by atoms with van der Waals surface area (Å²) in [5.74, 6) is -0.305. The van der Waals surface area contributed by atoms with Gasteiger partial charge in [0.25, 0.3) is 10.0 Å². The number of rotatable bonds is 5. The molecule has 6 nitrogen and oxygen atoms in total. The van der Waals surface area contributed by atoms with Crippen LogP contribution in [0.5, 0.6) is 0 Å². The standard InChI is InChI=1S/C27H30BFN2O4S/c1-18-9-8-11-21(15-18)36(32,33)31-20(16-19-10-6-7-12-24(19)29)17-22-23(13-14-30-25(22)31)28-34-26(2,3)27(4,5)35-28/h6-8,10-15,17-18H,9,16H2,1-5H3. The van der Waals surface area contributed by atoms with E-state index in [1.54, 1.807) is 48.7 Å². The lowest BCUT2D eigenvalue weighted by molar-refractivity contribution is 0.00578. The smallest absolute Gasteiger partial charge is 0.399 e. The summed E-state index contributed by atoms with van der Waals surface area (Å²) in [4.78, 5) is 4.68. The van der Waals surface area contributed by atoms with Crippen LogP contribution in [0.1, 0.15) is 52.3 Å². The van der Waals surface area contributed by atoms with E-state index in [1.807, 2.05) is 40.7 Å². The monoisotopic (exact) mass is 508 g/mol. The van der Waals surface area contributed by atoms with Crippen molar-refractivity contribution in [2.45, 2.75) is 58.7 Å². The van der Waals surface area contributed by atoms with E-state index in [1.165, 1.54) is 10.0 Å². The summed E-state index contributed by atoms with van der Waals surface area (Å²) in [6, 6.07) is 9.94. The molecule has 0 amide bonds. The molecule has 3 heterocycles. The third kappa shape index (κ3) is 4.13. The molecule has 9 heteroatoms. The Balaban J connectivity index is 1.72. The summed E-state index contributed by atoms with van der Waals surface area (Å²) < 4.78 is 56.4. The van der Waals surface area contributed by atoms with Crippen molar-refractivity contribution < 1.29 is 22.1 Å². The molecule has 0 radical (unpaired) electrons. The number of nitrogens with zero attached hydrogens (tertiary/aromatic N) is 2. The highest BCUT2D eigenvalue weighted by Crippen LogP contribution is 2.37. The summed E-state index contributed by atoms with van der Waals surface area (Å²) >= 11 is 0. The highest BCUT2D eigenvalue weighted by Gasteiger charge is 2.52. The number of hydrogen-bond donors (Lipinski definition) is 0. The van der Waals surface area contributed by atoms with Crippen LogP contribution in [-0.2, 0) is 25.8 Å².